The van der Waals surface area contributed by atoms with Crippen molar-refractivity contribution in [2.75, 3.05) is 23.9 Å². The van der Waals surface area contributed by atoms with Crippen LogP contribution < -0.4 is 16.0 Å². The van der Waals surface area contributed by atoms with Gasteiger partial charge in [0.25, 0.3) is 0 Å². The van der Waals surface area contributed by atoms with Crippen LogP contribution in [0.4, 0.5) is 18.9 Å². The molecule has 142 valence electrons. The summed E-state index contributed by atoms with van der Waals surface area (Å²) in [6.07, 6.45) is -3.19. The summed E-state index contributed by atoms with van der Waals surface area (Å²) in [6, 6.07) is 7.07. The number of alkyl halides is 3. The van der Waals surface area contributed by atoms with Gasteiger partial charge in [0.2, 0.25) is 5.91 Å². The molecule has 1 aromatic carbocycles. The van der Waals surface area contributed by atoms with Crippen molar-refractivity contribution in [3.05, 3.63) is 29.8 Å². The molecule has 0 aliphatic heterocycles. The number of benzene rings is 1. The van der Waals surface area contributed by atoms with Crippen LogP contribution in [0.2, 0.25) is 0 Å². The molecule has 5 nitrogen and oxygen atoms in total. The second kappa shape index (κ2) is 10.9. The lowest BCUT2D eigenvalue weighted by atomic mass is 10.1. The maximum Gasteiger partial charge on any atom is 0.393 e. The number of halogens is 3. The Hall–Kier alpha value is -1.99. The SMILES string of the molecule is CSCC(NC(=S)Nc1ccc(CC(F)(F)F)cc1)C(=O)NCCC#N. The molecule has 0 bridgehead atoms. The van der Waals surface area contributed by atoms with Crippen molar-refractivity contribution in [3.63, 3.8) is 0 Å². The van der Waals surface area contributed by atoms with Crippen molar-refractivity contribution in [3.8, 4) is 6.07 Å². The topological polar surface area (TPSA) is 76.9 Å². The first-order valence-corrected chi connectivity index (χ1v) is 9.42. The average Bonchev–Trinajstić information content (AvgIpc) is 2.55. The number of nitrogens with zero attached hydrogens (tertiary/aromatic N) is 1. The molecule has 3 N–H and O–H groups in total. The van der Waals surface area contributed by atoms with Gasteiger partial charge in [-0.1, -0.05) is 12.1 Å². The molecule has 1 aromatic rings. The molecule has 1 atom stereocenters. The third-order valence-electron chi connectivity index (χ3n) is 3.11. The Labute approximate surface area is 159 Å². The quantitative estimate of drug-likeness (QED) is 0.457. The van der Waals surface area contributed by atoms with Gasteiger partial charge in [-0.25, -0.2) is 0 Å². The van der Waals surface area contributed by atoms with Crippen LogP contribution >= 0.6 is 24.0 Å². The van der Waals surface area contributed by atoms with E-state index in [2.05, 4.69) is 16.0 Å². The molecule has 0 spiro atoms. The van der Waals surface area contributed by atoms with Gasteiger partial charge in [-0.3, -0.25) is 4.79 Å². The van der Waals surface area contributed by atoms with Gasteiger partial charge in [0.05, 0.1) is 18.9 Å². The minimum absolute atomic E-state index is 0.152. The predicted molar refractivity (Wildman–Crippen MR) is 101 cm³/mol. The van der Waals surface area contributed by atoms with Gasteiger partial charge in [0.1, 0.15) is 6.04 Å². The summed E-state index contributed by atoms with van der Waals surface area (Å²) in [5.74, 6) is 0.185. The first-order valence-electron chi connectivity index (χ1n) is 7.62. The lowest BCUT2D eigenvalue weighted by Crippen LogP contribution is -2.49. The van der Waals surface area contributed by atoms with Crippen LogP contribution in [0.5, 0.6) is 0 Å². The largest absolute Gasteiger partial charge is 0.393 e. The molecular formula is C16H19F3N4OS2. The standard InChI is InChI=1S/C16H19F3N4OS2/c1-26-10-13(14(24)21-8-2-7-20)23-15(25)22-12-5-3-11(4-6-12)9-16(17,18)19/h3-6,13H,2,8-10H2,1H3,(H,21,24)(H2,22,23,25). The number of nitrogens with one attached hydrogen (secondary N) is 3. The van der Waals surface area contributed by atoms with E-state index in [-0.39, 0.29) is 29.5 Å². The number of anilines is 1. The molecule has 1 amide bonds. The lowest BCUT2D eigenvalue weighted by Gasteiger charge is -2.19. The van der Waals surface area contributed by atoms with Crippen LogP contribution in [-0.2, 0) is 11.2 Å². The maximum absolute atomic E-state index is 12.4. The molecular weight excluding hydrogens is 385 g/mol. The molecule has 0 radical (unpaired) electrons. The van der Waals surface area contributed by atoms with Crippen molar-refractivity contribution in [1.82, 2.24) is 10.6 Å². The van der Waals surface area contributed by atoms with Gasteiger partial charge in [-0.15, -0.1) is 0 Å². The van der Waals surface area contributed by atoms with E-state index < -0.39 is 18.6 Å². The molecule has 0 saturated heterocycles. The van der Waals surface area contributed by atoms with Crippen molar-refractivity contribution in [2.24, 2.45) is 0 Å². The maximum atomic E-state index is 12.4. The predicted octanol–water partition coefficient (Wildman–Crippen LogP) is 2.84. The van der Waals surface area contributed by atoms with Crippen LogP contribution in [0.1, 0.15) is 12.0 Å². The fourth-order valence-corrected chi connectivity index (χ4v) is 2.81. The molecule has 1 unspecified atom stereocenters. The summed E-state index contributed by atoms with van der Waals surface area (Å²) in [5, 5.41) is 17.0. The Kier molecular flexibility index (Phi) is 9.23. The Morgan fingerprint density at radius 1 is 1.35 bits per heavy atom. The van der Waals surface area contributed by atoms with Gasteiger partial charge in [-0.05, 0) is 36.2 Å². The zero-order valence-corrected chi connectivity index (χ0v) is 15.7. The Morgan fingerprint density at radius 3 is 2.54 bits per heavy atom. The number of thiocarbonyl (C=S) groups is 1. The van der Waals surface area contributed by atoms with E-state index in [0.29, 0.717) is 11.4 Å². The fraction of sp³-hybridized carbons (Fsp3) is 0.438. The van der Waals surface area contributed by atoms with Gasteiger partial charge in [0.15, 0.2) is 5.11 Å². The molecule has 0 fully saturated rings. The first-order chi connectivity index (χ1) is 12.2. The highest BCUT2D eigenvalue weighted by molar-refractivity contribution is 7.98. The van der Waals surface area contributed by atoms with E-state index in [0.717, 1.165) is 0 Å². The van der Waals surface area contributed by atoms with E-state index >= 15 is 0 Å². The number of hydrogen-bond donors (Lipinski definition) is 3. The summed E-state index contributed by atoms with van der Waals surface area (Å²) in [4.78, 5) is 12.1. The molecule has 1 rings (SSSR count). The van der Waals surface area contributed by atoms with Crippen LogP contribution in [0, 0.1) is 11.3 Å². The van der Waals surface area contributed by atoms with Gasteiger partial charge in [-0.2, -0.15) is 30.2 Å². The minimum atomic E-state index is -4.25. The van der Waals surface area contributed by atoms with Crippen LogP contribution in [-0.4, -0.2) is 41.8 Å². The summed E-state index contributed by atoms with van der Waals surface area (Å²) in [5.41, 5.74) is 0.667. The number of nitriles is 1. The summed E-state index contributed by atoms with van der Waals surface area (Å²) in [7, 11) is 0. The van der Waals surface area contributed by atoms with E-state index in [1.54, 1.807) is 0 Å². The number of rotatable bonds is 8. The van der Waals surface area contributed by atoms with E-state index in [4.69, 9.17) is 17.5 Å². The summed E-state index contributed by atoms with van der Waals surface area (Å²) >= 11 is 6.61. The Balaban J connectivity index is 2.59. The number of carbonyl (C=O) groups is 1. The normalized spacial score (nSPS) is 12.0. The molecule has 0 saturated carbocycles. The molecule has 10 heteroatoms. The Morgan fingerprint density at radius 2 is 2.00 bits per heavy atom. The zero-order chi connectivity index (χ0) is 19.6. The van der Waals surface area contributed by atoms with Crippen molar-refractivity contribution >= 4 is 40.7 Å². The van der Waals surface area contributed by atoms with Gasteiger partial charge < -0.3 is 16.0 Å². The smallest absolute Gasteiger partial charge is 0.353 e. The molecule has 0 aliphatic rings. The second-order valence-electron chi connectivity index (χ2n) is 5.29. The highest BCUT2D eigenvalue weighted by Gasteiger charge is 2.27. The molecule has 0 heterocycles. The lowest BCUT2D eigenvalue weighted by molar-refractivity contribution is -0.127. The van der Waals surface area contributed by atoms with Crippen molar-refractivity contribution in [2.45, 2.75) is 25.1 Å². The highest BCUT2D eigenvalue weighted by atomic mass is 32.2. The van der Waals surface area contributed by atoms with Crippen LogP contribution in [0.15, 0.2) is 24.3 Å². The summed E-state index contributed by atoms with van der Waals surface area (Å²) in [6.45, 7) is 0.253. The molecule has 0 aliphatic carbocycles. The monoisotopic (exact) mass is 404 g/mol. The van der Waals surface area contributed by atoms with Crippen molar-refractivity contribution < 1.29 is 18.0 Å². The average molecular weight is 404 g/mol. The van der Waals surface area contributed by atoms with E-state index in [1.165, 1.54) is 36.0 Å². The number of carbonyl (C=O) groups excluding carboxylic acids is 1. The third kappa shape index (κ3) is 8.92. The van der Waals surface area contributed by atoms with Crippen molar-refractivity contribution in [1.29, 1.82) is 5.26 Å². The van der Waals surface area contributed by atoms with Gasteiger partial charge in [0, 0.05) is 18.0 Å². The number of thioether (sulfide) groups is 1. The highest BCUT2D eigenvalue weighted by Crippen LogP contribution is 2.22. The first kappa shape index (κ1) is 22.1. The number of amides is 1. The van der Waals surface area contributed by atoms with Crippen LogP contribution in [0.3, 0.4) is 0 Å². The van der Waals surface area contributed by atoms with Crippen LogP contribution in [0.25, 0.3) is 0 Å². The summed E-state index contributed by atoms with van der Waals surface area (Å²) < 4.78 is 37.1. The van der Waals surface area contributed by atoms with E-state index in [1.807, 2.05) is 12.3 Å². The molecule has 0 aromatic heterocycles. The third-order valence-corrected chi connectivity index (χ3v) is 3.99. The minimum Gasteiger partial charge on any atom is -0.353 e. The Bertz CT molecular complexity index is 644. The second-order valence-corrected chi connectivity index (χ2v) is 6.61. The fourth-order valence-electron chi connectivity index (χ4n) is 1.98. The van der Waals surface area contributed by atoms with Gasteiger partial charge >= 0.3 is 6.18 Å². The number of hydrogen-bond acceptors (Lipinski definition) is 4. The molecule has 26 heavy (non-hydrogen) atoms. The zero-order valence-electron chi connectivity index (χ0n) is 14.0. The van der Waals surface area contributed by atoms with E-state index in [9.17, 15) is 18.0 Å².